The molecular formula is C91H119ClN10O20. The van der Waals surface area contributed by atoms with Crippen LogP contribution in [0.5, 0.6) is 5.75 Å². The zero-order valence-electron chi connectivity index (χ0n) is 71.4. The van der Waals surface area contributed by atoms with Crippen molar-refractivity contribution in [1.29, 1.82) is 0 Å². The van der Waals surface area contributed by atoms with Gasteiger partial charge in [-0.2, -0.15) is 0 Å². The normalized spacial score (nSPS) is 22.6. The number of hydrogen-bond donors (Lipinski definition) is 8. The van der Waals surface area contributed by atoms with Crippen LogP contribution in [0.1, 0.15) is 134 Å². The fourth-order valence-electron chi connectivity index (χ4n) is 15.0. The Morgan fingerprint density at radius 2 is 1.47 bits per heavy atom. The lowest BCUT2D eigenvalue weighted by molar-refractivity contribution is -0.162. The summed E-state index contributed by atoms with van der Waals surface area (Å²) >= 11 is 6.89. The summed E-state index contributed by atoms with van der Waals surface area (Å²) in [6.45, 7) is 12.6. The molecule has 4 aromatic rings. The van der Waals surface area contributed by atoms with Crippen molar-refractivity contribution in [2.45, 2.75) is 190 Å². The number of halogens is 1. The summed E-state index contributed by atoms with van der Waals surface area (Å²) in [5.74, 6) is 1.81. The van der Waals surface area contributed by atoms with Crippen LogP contribution in [0.25, 0.3) is 0 Å². The standard InChI is InChI=1S/C91H119ClN10O20/c1-59-25-24-35-75(115-10)91(113)56-74(120-88(112)99-91)60(2)83-90(6,122-83)76(55-80(106)101(8)72-53-63(51-59)54-73(114-9)82(72)92)121-86(110)61(3)100(7)79(105)36-21-23-42-94-87(111)89(4,5)67-31-17-18-32-68(67)97-84(108)69(33-20-22-41-93)98-85(109)70(52-62-26-12-11-13-27-62)96-78(104)40-44-117-46-48-119-50-49-118-47-45-116-43-39-77(103)95-57-81(107)102-58-66-30-15-14-28-64(66)37-38-65-29-16-19-34-71(65)102/h11-19,24-32,34-35,53-54,60-61,65,69-71,74-76,83,113H,20-23,33,36,39-52,55-58,93H2,1-10H3,(H,94,111)(H,95,103)(H,96,104)(H,97,108)(H,98,109)(H,99,112)/b35-24+,59-25+/t60-,61+,65?,69+,70?,71?,74+,75-,76+,83+,90+,91+/m1/s1. The molecule has 4 bridgehead atoms. The summed E-state index contributed by atoms with van der Waals surface area (Å²) in [7, 11) is 5.88. The minimum atomic E-state index is -1.91. The van der Waals surface area contributed by atoms with Crippen LogP contribution in [0.2, 0.25) is 5.02 Å². The Kier molecular flexibility index (Phi) is 36.2. The lowest BCUT2D eigenvalue weighted by Crippen LogP contribution is -2.63. The van der Waals surface area contributed by atoms with Crippen LogP contribution < -0.4 is 47.3 Å². The first-order valence-corrected chi connectivity index (χ1v) is 42.1. The lowest BCUT2D eigenvalue weighted by atomic mass is 9.82. The predicted molar refractivity (Wildman–Crippen MR) is 458 cm³/mol. The Hall–Kier alpha value is -10.3. The highest BCUT2D eigenvalue weighted by atomic mass is 35.5. The molecule has 4 aliphatic heterocycles. The van der Waals surface area contributed by atoms with Gasteiger partial charge in [-0.05, 0) is 126 Å². The molecule has 5 aliphatic rings. The van der Waals surface area contributed by atoms with Crippen molar-refractivity contribution in [3.63, 3.8) is 0 Å². The first-order valence-electron chi connectivity index (χ1n) is 41.7. The summed E-state index contributed by atoms with van der Waals surface area (Å²) in [5, 5.41) is 29.1. The van der Waals surface area contributed by atoms with Crippen LogP contribution in [0.3, 0.4) is 0 Å². The average molecular weight is 1710 g/mol. The third kappa shape index (κ3) is 26.8. The van der Waals surface area contributed by atoms with E-state index in [0.717, 1.165) is 27.8 Å². The molecule has 9 N–H and O–H groups in total. The van der Waals surface area contributed by atoms with Crippen molar-refractivity contribution in [2.24, 2.45) is 17.6 Å². The van der Waals surface area contributed by atoms with Crippen LogP contribution in [-0.2, 0) is 106 Å². The van der Waals surface area contributed by atoms with Gasteiger partial charge < -0.3 is 94.8 Å². The zero-order valence-corrected chi connectivity index (χ0v) is 72.2. The number of epoxide rings is 1. The predicted octanol–water partition coefficient (Wildman–Crippen LogP) is 7.53. The highest BCUT2D eigenvalue weighted by Gasteiger charge is 2.65. The summed E-state index contributed by atoms with van der Waals surface area (Å²) in [4.78, 5) is 143. The number of nitrogens with one attached hydrogen (secondary N) is 6. The Morgan fingerprint density at radius 1 is 0.795 bits per heavy atom. The third-order valence-electron chi connectivity index (χ3n) is 22.6. The Labute approximate surface area is 719 Å². The smallest absolute Gasteiger partial charge is 0.409 e. The van der Waals surface area contributed by atoms with Crippen molar-refractivity contribution in [3.8, 4) is 17.6 Å². The highest BCUT2D eigenvalue weighted by Crippen LogP contribution is 2.49. The van der Waals surface area contributed by atoms with Gasteiger partial charge in [-0.15, -0.1) is 0 Å². The van der Waals surface area contributed by atoms with Crippen LogP contribution in [0, 0.1) is 23.7 Å². The second-order valence-electron chi connectivity index (χ2n) is 31.9. The largest absolute Gasteiger partial charge is 0.495 e. The van der Waals surface area contributed by atoms with Gasteiger partial charge in [-0.25, -0.2) is 9.59 Å². The van der Waals surface area contributed by atoms with Crippen LogP contribution in [0.4, 0.5) is 16.2 Å². The zero-order chi connectivity index (χ0) is 88.1. The number of nitrogens with two attached hydrogens (primary N) is 1. The number of esters is 1. The molecule has 0 radical (unpaired) electrons. The number of para-hydroxylation sites is 1. The molecule has 0 aromatic heterocycles. The molecule has 9 amide bonds. The Morgan fingerprint density at radius 3 is 2.17 bits per heavy atom. The monoisotopic (exact) mass is 1710 g/mol. The first kappa shape index (κ1) is 95.5. The molecule has 0 saturated carbocycles. The van der Waals surface area contributed by atoms with E-state index >= 15 is 0 Å². The number of carbonyl (C=O) groups excluding carboxylic acids is 10. The number of rotatable bonds is 40. The number of ether oxygens (including phenoxy) is 9. The van der Waals surface area contributed by atoms with Gasteiger partial charge in [0.2, 0.25) is 47.3 Å². The van der Waals surface area contributed by atoms with Crippen molar-refractivity contribution in [1.82, 2.24) is 36.4 Å². The Bertz CT molecular complexity index is 4490. The average Bonchev–Trinajstić information content (AvgIpc) is 1.57. The quantitative estimate of drug-likeness (QED) is 0.00923. The van der Waals surface area contributed by atoms with Crippen LogP contribution >= 0.6 is 11.6 Å². The van der Waals surface area contributed by atoms with Crippen molar-refractivity contribution in [2.75, 3.05) is 111 Å². The van der Waals surface area contributed by atoms with Crippen molar-refractivity contribution in [3.05, 3.63) is 172 Å². The Balaban J connectivity index is 0.701. The molecule has 2 saturated heterocycles. The fourth-order valence-corrected chi connectivity index (χ4v) is 15.3. The number of methoxy groups -OCH3 is 2. The molecule has 9 rings (SSSR count). The molecule has 4 heterocycles. The van der Waals surface area contributed by atoms with Gasteiger partial charge in [0.25, 0.3) is 0 Å². The minimum Gasteiger partial charge on any atom is -0.495 e. The maximum Gasteiger partial charge on any atom is 0.409 e. The SMILES string of the molecule is COc1cc2cc(c1Cl)N(C)C(=O)C[C@H](OC(=O)[C@H](C)N(C)C(=O)CCCCNC(=O)C(C)(C)c1ccccc1NC(=O)[C@H](CCCCN)NC(=O)C(Cc1ccccc1)NC(=O)CCOCCOCCOCCOCCC(=O)NCC(=O)N1Cc3ccccc3C#CC3C=CC=CC31)[C@]1(C)O[C@H]1[C@H](C)[C@@H]1C[C@@](O)(NC(=O)O1)[C@H](OC)/C=C/C=C(\C)C2. The molecule has 31 heteroatoms. The van der Waals surface area contributed by atoms with E-state index in [1.807, 2.05) is 91.9 Å². The maximum absolute atomic E-state index is 14.6. The molecule has 12 atom stereocenters. The van der Waals surface area contributed by atoms with Gasteiger partial charge in [0.15, 0.2) is 5.72 Å². The topological polar surface area (TPSA) is 385 Å². The number of likely N-dealkylation sites (N-methyl/N-ethyl adjacent to an activating group) is 1. The maximum atomic E-state index is 14.6. The van der Waals surface area contributed by atoms with E-state index in [4.69, 9.17) is 60.0 Å². The number of allylic oxidation sites excluding steroid dienone is 5. The number of carbonyl (C=O) groups is 10. The molecule has 2 fully saturated rings. The third-order valence-corrected chi connectivity index (χ3v) is 23.0. The van der Waals surface area contributed by atoms with E-state index in [-0.39, 0.29) is 139 Å². The number of unbranched alkanes of at least 4 members (excludes halogenated alkanes) is 2. The number of alkyl carbamates (subject to hydrolysis) is 1. The molecule has 3 unspecified atom stereocenters. The molecule has 0 spiro atoms. The number of aliphatic hydroxyl groups is 1. The molecular weight excluding hydrogens is 1590 g/mol. The number of anilines is 2. The molecule has 660 valence electrons. The van der Waals surface area contributed by atoms with E-state index in [2.05, 4.69) is 43.7 Å². The first-order chi connectivity index (χ1) is 58.5. The fraction of sp³-hybridized carbons (Fsp3) is 0.516. The second-order valence-corrected chi connectivity index (χ2v) is 32.3. The van der Waals surface area contributed by atoms with Gasteiger partial charge >= 0.3 is 12.1 Å². The van der Waals surface area contributed by atoms with E-state index in [9.17, 15) is 53.1 Å². The number of fused-ring (bicyclic) bond motifs is 7. The highest BCUT2D eigenvalue weighted by molar-refractivity contribution is 6.35. The second kappa shape index (κ2) is 46.2. The van der Waals surface area contributed by atoms with E-state index < -0.39 is 113 Å². The summed E-state index contributed by atoms with van der Waals surface area (Å²) < 4.78 is 52.3. The summed E-state index contributed by atoms with van der Waals surface area (Å²) in [6.07, 6.45) is 9.94. The van der Waals surface area contributed by atoms with Crippen LogP contribution in [-0.4, -0.2) is 235 Å². The molecule has 122 heavy (non-hydrogen) atoms. The van der Waals surface area contributed by atoms with Gasteiger partial charge in [0, 0.05) is 83.6 Å². The van der Waals surface area contributed by atoms with Crippen molar-refractivity contribution >= 4 is 82.3 Å². The number of nitrogens with zero attached hydrogens (tertiary/aromatic N) is 3. The lowest BCUT2D eigenvalue weighted by Gasteiger charge is -2.42. The number of hydrogen-bond acceptors (Lipinski definition) is 21. The summed E-state index contributed by atoms with van der Waals surface area (Å²) in [6, 6.07) is 23.6. The van der Waals surface area contributed by atoms with E-state index in [0.29, 0.717) is 67.9 Å². The molecule has 4 aromatic carbocycles. The van der Waals surface area contributed by atoms with Gasteiger partial charge in [0.1, 0.15) is 52.8 Å². The van der Waals surface area contributed by atoms with Gasteiger partial charge in [0.05, 0.1) is 102 Å². The van der Waals surface area contributed by atoms with E-state index in [1.165, 1.54) is 38.0 Å². The van der Waals surface area contributed by atoms with Crippen molar-refractivity contribution < 1.29 is 95.7 Å². The number of benzene rings is 4. The molecule has 1 aliphatic carbocycles. The summed E-state index contributed by atoms with van der Waals surface area (Å²) in [5.41, 5.74) is 6.74. The van der Waals surface area contributed by atoms with E-state index in [1.54, 1.807) is 88.2 Å². The molecule has 30 nitrogen and oxygen atoms in total. The van der Waals surface area contributed by atoms with Gasteiger partial charge in [-0.1, -0.05) is 145 Å². The van der Waals surface area contributed by atoms with Crippen LogP contribution in [0.15, 0.2) is 139 Å². The minimum absolute atomic E-state index is 0.0176. The number of amides is 9. The van der Waals surface area contributed by atoms with Gasteiger partial charge in [-0.3, -0.25) is 43.7 Å².